The second-order valence-electron chi connectivity index (χ2n) is 6.90. The van der Waals surface area contributed by atoms with Crippen molar-refractivity contribution in [2.45, 2.75) is 19.3 Å². The molecule has 0 N–H and O–H groups in total. The highest BCUT2D eigenvalue weighted by molar-refractivity contribution is 5.91. The molecule has 5 nitrogen and oxygen atoms in total. The summed E-state index contributed by atoms with van der Waals surface area (Å²) < 4.78 is 16.4. The van der Waals surface area contributed by atoms with Gasteiger partial charge in [-0.1, -0.05) is 6.08 Å². The van der Waals surface area contributed by atoms with Gasteiger partial charge < -0.3 is 19.1 Å². The van der Waals surface area contributed by atoms with E-state index in [1.54, 1.807) is 21.3 Å². The molecule has 24 heavy (non-hydrogen) atoms. The van der Waals surface area contributed by atoms with Gasteiger partial charge in [0.25, 0.3) is 0 Å². The molecule has 2 aliphatic carbocycles. The molecule has 1 heterocycles. The van der Waals surface area contributed by atoms with Crippen molar-refractivity contribution >= 4 is 11.5 Å². The van der Waals surface area contributed by atoms with Crippen LogP contribution in [0.3, 0.4) is 0 Å². The van der Waals surface area contributed by atoms with E-state index in [-0.39, 0.29) is 5.41 Å². The van der Waals surface area contributed by atoms with Crippen LogP contribution in [0.15, 0.2) is 18.2 Å². The molecule has 2 saturated carbocycles. The molecule has 0 bridgehead atoms. The lowest BCUT2D eigenvalue weighted by Crippen LogP contribution is -2.37. The fourth-order valence-electron chi connectivity index (χ4n) is 3.77. The third kappa shape index (κ3) is 2.26. The largest absolute Gasteiger partial charge is 0.496 e. The van der Waals surface area contributed by atoms with E-state index in [2.05, 4.69) is 6.08 Å². The van der Waals surface area contributed by atoms with Crippen LogP contribution >= 0.6 is 0 Å². The van der Waals surface area contributed by atoms with Gasteiger partial charge in [0.05, 0.1) is 32.3 Å². The monoisotopic (exact) mass is 329 g/mol. The molecule has 1 amide bonds. The maximum atomic E-state index is 12.5. The Bertz CT molecular complexity index is 693. The van der Waals surface area contributed by atoms with E-state index in [9.17, 15) is 4.79 Å². The third-order valence-corrected chi connectivity index (χ3v) is 5.64. The van der Waals surface area contributed by atoms with Gasteiger partial charge in [0.1, 0.15) is 17.2 Å². The van der Waals surface area contributed by atoms with E-state index in [0.717, 1.165) is 48.4 Å². The number of amides is 1. The first-order chi connectivity index (χ1) is 11.6. The number of hydrogen-bond donors (Lipinski definition) is 0. The van der Waals surface area contributed by atoms with Gasteiger partial charge in [-0.25, -0.2) is 0 Å². The summed E-state index contributed by atoms with van der Waals surface area (Å²) in [7, 11) is 4.92. The molecule has 1 aromatic carbocycles. The van der Waals surface area contributed by atoms with Crippen LogP contribution in [0.4, 0.5) is 0 Å². The van der Waals surface area contributed by atoms with Crippen molar-refractivity contribution in [1.82, 2.24) is 4.90 Å². The number of methoxy groups -OCH3 is 3. The van der Waals surface area contributed by atoms with Crippen LogP contribution in [0, 0.1) is 11.3 Å². The molecule has 0 aromatic heterocycles. The van der Waals surface area contributed by atoms with Gasteiger partial charge in [0, 0.05) is 25.2 Å². The number of ether oxygens (including phenoxy) is 3. The predicted molar refractivity (Wildman–Crippen MR) is 90.4 cm³/mol. The molecule has 3 aliphatic rings. The highest BCUT2D eigenvalue weighted by Crippen LogP contribution is 2.76. The molecule has 0 radical (unpaired) electrons. The number of rotatable bonds is 5. The number of carbonyl (C=O) groups excluding carboxylic acids is 1. The molecule has 0 saturated heterocycles. The van der Waals surface area contributed by atoms with Crippen LogP contribution in [-0.2, 0) is 4.79 Å². The Balaban J connectivity index is 1.59. The summed E-state index contributed by atoms with van der Waals surface area (Å²) in [6.07, 6.45) is 5.16. The number of fused-ring (bicyclic) bond motifs is 1. The normalized spacial score (nSPS) is 27.0. The van der Waals surface area contributed by atoms with Crippen molar-refractivity contribution in [2.24, 2.45) is 11.3 Å². The van der Waals surface area contributed by atoms with E-state index >= 15 is 0 Å². The zero-order valence-electron chi connectivity index (χ0n) is 14.4. The first-order valence-corrected chi connectivity index (χ1v) is 8.41. The quantitative estimate of drug-likeness (QED) is 0.833. The Morgan fingerprint density at radius 2 is 1.75 bits per heavy atom. The minimum absolute atomic E-state index is 0.0564. The van der Waals surface area contributed by atoms with E-state index in [0.29, 0.717) is 24.1 Å². The molecule has 1 aromatic rings. The fraction of sp³-hybridized carbons (Fsp3) is 0.526. The van der Waals surface area contributed by atoms with Crippen molar-refractivity contribution in [3.8, 4) is 17.2 Å². The summed E-state index contributed by atoms with van der Waals surface area (Å²) in [5.41, 5.74) is 2.18. The molecule has 0 spiro atoms. The van der Waals surface area contributed by atoms with E-state index in [1.165, 1.54) is 0 Å². The lowest BCUT2D eigenvalue weighted by molar-refractivity contribution is -0.134. The maximum absolute atomic E-state index is 12.5. The summed E-state index contributed by atoms with van der Waals surface area (Å²) >= 11 is 0. The molecule has 128 valence electrons. The highest BCUT2D eigenvalue weighted by atomic mass is 16.5. The molecule has 0 unspecified atom stereocenters. The SMILES string of the molecule is COc1cc(OC)c(C2=CCN(C(=O)C34CC3C4)CC2)c(OC)c1. The van der Waals surface area contributed by atoms with Gasteiger partial charge >= 0.3 is 0 Å². The average Bonchev–Trinajstić information content (AvgIpc) is 3.50. The van der Waals surface area contributed by atoms with E-state index in [4.69, 9.17) is 14.2 Å². The van der Waals surface area contributed by atoms with E-state index < -0.39 is 0 Å². The van der Waals surface area contributed by atoms with Crippen LogP contribution in [0.2, 0.25) is 0 Å². The molecule has 0 atom stereocenters. The van der Waals surface area contributed by atoms with E-state index in [1.807, 2.05) is 17.0 Å². The van der Waals surface area contributed by atoms with Crippen molar-refractivity contribution in [1.29, 1.82) is 0 Å². The van der Waals surface area contributed by atoms with Gasteiger partial charge in [-0.05, 0) is 30.8 Å². The van der Waals surface area contributed by atoms with Crippen LogP contribution in [0.1, 0.15) is 24.8 Å². The Labute approximate surface area is 142 Å². The van der Waals surface area contributed by atoms with Gasteiger partial charge in [-0.3, -0.25) is 4.79 Å². The fourth-order valence-corrected chi connectivity index (χ4v) is 3.77. The van der Waals surface area contributed by atoms with Crippen LogP contribution in [0.5, 0.6) is 17.2 Å². The lowest BCUT2D eigenvalue weighted by atomic mass is 9.96. The Morgan fingerprint density at radius 1 is 1.12 bits per heavy atom. The van der Waals surface area contributed by atoms with Crippen molar-refractivity contribution < 1.29 is 19.0 Å². The minimum atomic E-state index is 0.0564. The van der Waals surface area contributed by atoms with Gasteiger partial charge in [0.2, 0.25) is 5.91 Å². The topological polar surface area (TPSA) is 48.0 Å². The third-order valence-electron chi connectivity index (χ3n) is 5.64. The van der Waals surface area contributed by atoms with Crippen molar-refractivity contribution in [2.75, 3.05) is 34.4 Å². The molecule has 5 heteroatoms. The summed E-state index contributed by atoms with van der Waals surface area (Å²) in [5.74, 6) is 3.22. The zero-order chi connectivity index (χ0) is 16.9. The molecule has 1 aliphatic heterocycles. The van der Waals surface area contributed by atoms with Crippen LogP contribution in [0.25, 0.3) is 5.57 Å². The second kappa shape index (κ2) is 5.43. The minimum Gasteiger partial charge on any atom is -0.496 e. The van der Waals surface area contributed by atoms with Crippen molar-refractivity contribution in [3.63, 3.8) is 0 Å². The predicted octanol–water partition coefficient (Wildman–Crippen LogP) is 2.74. The Kier molecular flexibility index (Phi) is 3.48. The molecular weight excluding hydrogens is 306 g/mol. The van der Waals surface area contributed by atoms with Crippen LogP contribution in [-0.4, -0.2) is 45.2 Å². The summed E-state index contributed by atoms with van der Waals surface area (Å²) in [6.45, 7) is 1.43. The maximum Gasteiger partial charge on any atom is 0.229 e. The van der Waals surface area contributed by atoms with Crippen molar-refractivity contribution in [3.05, 3.63) is 23.8 Å². The molecule has 2 fully saturated rings. The van der Waals surface area contributed by atoms with Gasteiger partial charge in [-0.2, -0.15) is 0 Å². The first-order valence-electron chi connectivity index (χ1n) is 8.41. The summed E-state index contributed by atoms with van der Waals surface area (Å²) in [4.78, 5) is 14.5. The molecular formula is C19H23NO4. The highest BCUT2D eigenvalue weighted by Gasteiger charge is 2.75. The number of hydrogen-bond acceptors (Lipinski definition) is 4. The number of carbonyl (C=O) groups is 1. The average molecular weight is 329 g/mol. The van der Waals surface area contributed by atoms with Gasteiger partial charge in [-0.15, -0.1) is 0 Å². The smallest absolute Gasteiger partial charge is 0.229 e. The zero-order valence-corrected chi connectivity index (χ0v) is 14.4. The standard InChI is InChI=1S/C19H23NO4/c1-22-14-8-15(23-2)17(16(9-14)24-3)12-4-6-20(7-5-12)18(21)19-10-13(19)11-19/h4,8-9,13H,5-7,10-11H2,1-3H3. The summed E-state index contributed by atoms with van der Waals surface area (Å²) in [6, 6.07) is 3.74. The van der Waals surface area contributed by atoms with Crippen LogP contribution < -0.4 is 14.2 Å². The summed E-state index contributed by atoms with van der Waals surface area (Å²) in [5, 5.41) is 0. The Hall–Kier alpha value is -2.17. The first kappa shape index (κ1) is 15.4. The second-order valence-corrected chi connectivity index (χ2v) is 6.90. The van der Waals surface area contributed by atoms with Gasteiger partial charge in [0.15, 0.2) is 0 Å². The molecule has 4 rings (SSSR count). The Morgan fingerprint density at radius 3 is 2.17 bits per heavy atom. The number of nitrogens with zero attached hydrogens (tertiary/aromatic N) is 1. The number of benzene rings is 1. The lowest BCUT2D eigenvalue weighted by Gasteiger charge is -2.29.